The van der Waals surface area contributed by atoms with Crippen LogP contribution in [0.4, 0.5) is 0 Å². The molecule has 1 N–H and O–H groups in total. The molecule has 8 heteroatoms. The van der Waals surface area contributed by atoms with Gasteiger partial charge in [-0.2, -0.15) is 0 Å². The summed E-state index contributed by atoms with van der Waals surface area (Å²) in [5.41, 5.74) is -0.676. The van der Waals surface area contributed by atoms with Crippen LogP contribution in [0.3, 0.4) is 0 Å². The van der Waals surface area contributed by atoms with Crippen LogP contribution in [0.25, 0.3) is 11.0 Å². The number of pyridine rings is 1. The van der Waals surface area contributed by atoms with Crippen molar-refractivity contribution < 1.29 is 9.90 Å². The maximum absolute atomic E-state index is 12.3. The fourth-order valence-electron chi connectivity index (χ4n) is 2.02. The van der Waals surface area contributed by atoms with Gasteiger partial charge in [-0.15, -0.1) is 11.8 Å². The highest BCUT2D eigenvalue weighted by Crippen LogP contribution is 2.29. The molecular formula is C13H15N3O4S. The van der Waals surface area contributed by atoms with Crippen molar-refractivity contribution in [2.75, 3.05) is 0 Å². The topological polar surface area (TPSA) is 94.2 Å². The van der Waals surface area contributed by atoms with Crippen molar-refractivity contribution in [3.05, 3.63) is 33.1 Å². The van der Waals surface area contributed by atoms with Crippen LogP contribution in [0.1, 0.15) is 13.3 Å². The van der Waals surface area contributed by atoms with E-state index in [-0.39, 0.29) is 11.0 Å². The second-order valence-electron chi connectivity index (χ2n) is 4.57. The lowest BCUT2D eigenvalue weighted by atomic mass is 10.3. The van der Waals surface area contributed by atoms with Gasteiger partial charge < -0.3 is 5.11 Å². The molecule has 2 heterocycles. The number of hydrogen-bond acceptors (Lipinski definition) is 5. The highest BCUT2D eigenvalue weighted by atomic mass is 32.2. The van der Waals surface area contributed by atoms with Crippen molar-refractivity contribution in [1.29, 1.82) is 0 Å². The van der Waals surface area contributed by atoms with Crippen molar-refractivity contribution in [3.63, 3.8) is 0 Å². The third-order valence-corrected chi connectivity index (χ3v) is 4.63. The standard InChI is InChI=1S/C13H15N3O4S/c1-4-7(12(18)19)21-8-5-6-14-10-9(8)11(17)16(3)13(20)15(10)2/h5-7H,4H2,1-3H3,(H,18,19)/t7-/m1/s1. The van der Waals surface area contributed by atoms with Crippen LogP contribution in [-0.4, -0.2) is 30.4 Å². The van der Waals surface area contributed by atoms with Crippen LogP contribution in [0.2, 0.25) is 0 Å². The van der Waals surface area contributed by atoms with E-state index in [2.05, 4.69) is 4.98 Å². The predicted molar refractivity (Wildman–Crippen MR) is 79.8 cm³/mol. The molecule has 1 atom stereocenters. The molecule has 0 saturated heterocycles. The zero-order valence-electron chi connectivity index (χ0n) is 11.9. The smallest absolute Gasteiger partial charge is 0.332 e. The normalized spacial score (nSPS) is 12.5. The molecule has 2 aromatic rings. The number of carboxylic acid groups (broad SMARTS) is 1. The fraction of sp³-hybridized carbons (Fsp3) is 0.385. The quantitative estimate of drug-likeness (QED) is 0.831. The molecule has 0 aliphatic carbocycles. The van der Waals surface area contributed by atoms with Crippen molar-refractivity contribution in [3.8, 4) is 0 Å². The van der Waals surface area contributed by atoms with Gasteiger partial charge in [-0.1, -0.05) is 6.92 Å². The Kier molecular flexibility index (Phi) is 4.17. The average Bonchev–Trinajstić information content (AvgIpc) is 2.47. The second-order valence-corrected chi connectivity index (χ2v) is 5.81. The van der Waals surface area contributed by atoms with Crippen LogP contribution in [0, 0.1) is 0 Å². The molecule has 0 saturated carbocycles. The molecule has 0 fully saturated rings. The fourth-order valence-corrected chi connectivity index (χ4v) is 3.03. The maximum Gasteiger partial charge on any atom is 0.332 e. The lowest BCUT2D eigenvalue weighted by Gasteiger charge is -2.13. The Balaban J connectivity index is 2.75. The molecule has 112 valence electrons. The molecule has 0 unspecified atom stereocenters. The number of aryl methyl sites for hydroxylation is 1. The Labute approximate surface area is 124 Å². The zero-order valence-corrected chi connectivity index (χ0v) is 12.7. The monoisotopic (exact) mass is 309 g/mol. The summed E-state index contributed by atoms with van der Waals surface area (Å²) < 4.78 is 2.28. The molecule has 0 radical (unpaired) electrons. The van der Waals surface area contributed by atoms with Crippen LogP contribution in [0.15, 0.2) is 26.7 Å². The number of rotatable bonds is 4. The first-order chi connectivity index (χ1) is 9.88. The van der Waals surface area contributed by atoms with E-state index in [4.69, 9.17) is 5.11 Å². The lowest BCUT2D eigenvalue weighted by molar-refractivity contribution is -0.136. The van der Waals surface area contributed by atoms with Gasteiger partial charge in [0.15, 0.2) is 0 Å². The van der Waals surface area contributed by atoms with E-state index in [1.54, 1.807) is 13.0 Å². The van der Waals surface area contributed by atoms with Crippen LogP contribution in [0.5, 0.6) is 0 Å². The number of nitrogens with zero attached hydrogens (tertiary/aromatic N) is 3. The molecule has 7 nitrogen and oxygen atoms in total. The summed E-state index contributed by atoms with van der Waals surface area (Å²) in [6.45, 7) is 1.77. The molecule has 0 amide bonds. The summed E-state index contributed by atoms with van der Waals surface area (Å²) >= 11 is 1.10. The molecule has 0 aromatic carbocycles. The van der Waals surface area contributed by atoms with E-state index in [0.29, 0.717) is 11.3 Å². The largest absolute Gasteiger partial charge is 0.480 e. The highest BCUT2D eigenvalue weighted by Gasteiger charge is 2.20. The second kappa shape index (κ2) is 5.72. The average molecular weight is 309 g/mol. The number of aliphatic carboxylic acids is 1. The highest BCUT2D eigenvalue weighted by molar-refractivity contribution is 8.00. The number of carboxylic acids is 1. The SMILES string of the molecule is CC[C@@H](Sc1ccnc2c1c(=O)n(C)c(=O)n2C)C(=O)O. The molecule has 21 heavy (non-hydrogen) atoms. The van der Waals surface area contributed by atoms with Crippen LogP contribution in [-0.2, 0) is 18.9 Å². The van der Waals surface area contributed by atoms with Gasteiger partial charge in [0.05, 0.1) is 5.39 Å². The van der Waals surface area contributed by atoms with Crippen molar-refractivity contribution in [2.24, 2.45) is 14.1 Å². The third-order valence-electron chi connectivity index (χ3n) is 3.22. The van der Waals surface area contributed by atoms with Gasteiger partial charge in [0.2, 0.25) is 0 Å². The van der Waals surface area contributed by atoms with Gasteiger partial charge in [0, 0.05) is 25.2 Å². The molecule has 2 aromatic heterocycles. The number of aromatic nitrogens is 3. The van der Waals surface area contributed by atoms with Crippen molar-refractivity contribution in [2.45, 2.75) is 23.5 Å². The minimum atomic E-state index is -0.936. The van der Waals surface area contributed by atoms with Crippen LogP contribution >= 0.6 is 11.8 Å². The number of carbonyl (C=O) groups is 1. The summed E-state index contributed by atoms with van der Waals surface area (Å²) in [6.07, 6.45) is 1.90. The van der Waals surface area contributed by atoms with Crippen LogP contribution < -0.4 is 11.2 Å². The summed E-state index contributed by atoms with van der Waals surface area (Å²) in [7, 11) is 2.92. The first-order valence-corrected chi connectivity index (χ1v) is 7.20. The van der Waals surface area contributed by atoms with E-state index in [0.717, 1.165) is 16.3 Å². The van der Waals surface area contributed by atoms with Gasteiger partial charge in [-0.05, 0) is 12.5 Å². The maximum atomic E-state index is 12.3. The molecule has 0 bridgehead atoms. The number of fused-ring (bicyclic) bond motifs is 1. The summed E-state index contributed by atoms with van der Waals surface area (Å²) in [4.78, 5) is 40.0. The number of hydrogen-bond donors (Lipinski definition) is 1. The Morgan fingerprint density at radius 2 is 2.05 bits per heavy atom. The summed E-state index contributed by atoms with van der Waals surface area (Å²) in [5, 5.41) is 8.77. The third kappa shape index (κ3) is 2.58. The van der Waals surface area contributed by atoms with Gasteiger partial charge in [0.1, 0.15) is 10.9 Å². The van der Waals surface area contributed by atoms with E-state index in [1.165, 1.54) is 24.9 Å². The van der Waals surface area contributed by atoms with Gasteiger partial charge in [-0.25, -0.2) is 9.78 Å². The van der Waals surface area contributed by atoms with E-state index >= 15 is 0 Å². The Hall–Kier alpha value is -2.09. The molecule has 0 aliphatic heterocycles. The van der Waals surface area contributed by atoms with Gasteiger partial charge >= 0.3 is 11.7 Å². The van der Waals surface area contributed by atoms with Gasteiger partial charge in [-0.3, -0.25) is 18.7 Å². The lowest BCUT2D eigenvalue weighted by Crippen LogP contribution is -2.37. The minimum absolute atomic E-state index is 0.258. The summed E-state index contributed by atoms with van der Waals surface area (Å²) in [6, 6.07) is 1.60. The van der Waals surface area contributed by atoms with Crippen molar-refractivity contribution >= 4 is 28.8 Å². The Morgan fingerprint density at radius 3 is 2.62 bits per heavy atom. The minimum Gasteiger partial charge on any atom is -0.480 e. The van der Waals surface area contributed by atoms with E-state index < -0.39 is 22.5 Å². The Morgan fingerprint density at radius 1 is 1.38 bits per heavy atom. The first-order valence-electron chi connectivity index (χ1n) is 6.32. The van der Waals surface area contributed by atoms with E-state index in [9.17, 15) is 14.4 Å². The first kappa shape index (κ1) is 15.3. The van der Waals surface area contributed by atoms with Crippen molar-refractivity contribution in [1.82, 2.24) is 14.1 Å². The molecule has 2 rings (SSSR count). The molecular weight excluding hydrogens is 294 g/mol. The van der Waals surface area contributed by atoms with Gasteiger partial charge in [0.25, 0.3) is 5.56 Å². The summed E-state index contributed by atoms with van der Waals surface area (Å²) in [5.74, 6) is -0.936. The van der Waals surface area contributed by atoms with E-state index in [1.807, 2.05) is 0 Å². The zero-order chi connectivity index (χ0) is 15.7. The molecule has 0 spiro atoms. The number of thioether (sulfide) groups is 1. The Bertz CT molecular complexity index is 825. The predicted octanol–water partition coefficient (Wildman–Crippen LogP) is 0.587. The molecule has 0 aliphatic rings.